The van der Waals surface area contributed by atoms with Crippen molar-refractivity contribution in [3.05, 3.63) is 161 Å². The summed E-state index contributed by atoms with van der Waals surface area (Å²) in [5.41, 5.74) is 17.3. The molecule has 0 saturated carbocycles. The molecule has 6 rings (SSSR count). The third-order valence-corrected chi connectivity index (χ3v) is 10.4. The SMILES string of the molecule is COc1ccc(Cn2c(=O)c(CC(=O)CCCOc3cccc(OC(F)(F)F)c3)c(N)n(C)c2=O)cc1.COc1ccc(Cn2c(=O)c(N)c(N)n(C)c2=O)cc1.Cc1cccc(OCCCC(=O)O)c1. The molecule has 19 nitrogen and oxygen atoms in total. The van der Waals surface area contributed by atoms with Gasteiger partial charge >= 0.3 is 23.7 Å². The third kappa shape index (κ3) is 16.6. The number of Topliss-reactive ketones (excluding diaryl/α,β-unsaturated/α-hetero) is 1. The number of ether oxygens (including phenoxy) is 5. The van der Waals surface area contributed by atoms with Crippen molar-refractivity contribution in [2.45, 2.75) is 58.5 Å². The fourth-order valence-corrected chi connectivity index (χ4v) is 6.55. The van der Waals surface area contributed by atoms with Crippen molar-refractivity contribution >= 4 is 29.1 Å². The molecule has 0 saturated heterocycles. The number of halogens is 3. The first-order valence-corrected chi connectivity index (χ1v) is 21.7. The normalized spacial score (nSPS) is 10.8. The quantitative estimate of drug-likeness (QED) is 0.0773. The van der Waals surface area contributed by atoms with E-state index < -0.39 is 40.6 Å². The Bertz CT molecular complexity index is 2970. The summed E-state index contributed by atoms with van der Waals surface area (Å²) in [7, 11) is 5.98. The van der Waals surface area contributed by atoms with Gasteiger partial charge in [0.1, 0.15) is 51.9 Å². The van der Waals surface area contributed by atoms with Crippen LogP contribution in [0.4, 0.5) is 30.5 Å². The Morgan fingerprint density at radius 3 is 1.58 bits per heavy atom. The van der Waals surface area contributed by atoms with Crippen molar-refractivity contribution < 1.29 is 51.6 Å². The number of carboxylic acid groups (broad SMARTS) is 1. The van der Waals surface area contributed by atoms with Crippen LogP contribution in [0.3, 0.4) is 0 Å². The summed E-state index contributed by atoms with van der Waals surface area (Å²) in [6, 6.07) is 26.7. The van der Waals surface area contributed by atoms with E-state index in [0.29, 0.717) is 30.1 Å². The van der Waals surface area contributed by atoms with Crippen LogP contribution < -0.4 is 63.4 Å². The molecule has 0 aliphatic heterocycles. The fourth-order valence-electron chi connectivity index (χ4n) is 6.55. The van der Waals surface area contributed by atoms with E-state index >= 15 is 0 Å². The zero-order valence-electron chi connectivity index (χ0n) is 39.7. The van der Waals surface area contributed by atoms with E-state index in [1.54, 1.807) is 55.6 Å². The molecule has 2 heterocycles. The van der Waals surface area contributed by atoms with Crippen LogP contribution in [0.5, 0.6) is 28.7 Å². The summed E-state index contributed by atoms with van der Waals surface area (Å²) in [6.07, 6.45) is -4.12. The number of carbonyl (C=O) groups is 2. The van der Waals surface area contributed by atoms with Gasteiger partial charge in [-0.15, -0.1) is 13.2 Å². The standard InChI is InChI=1S/C25H26F3N3O6.C13H16N4O3.C11H14O3/c1-30-22(29)21(23(33)31(24(30)34)15-16-8-10-18(35-2)11-9-16)13-17(32)5-4-12-36-19-6-3-7-20(14-19)37-25(26,27)28;1-16-11(15)10(14)12(18)17(13(16)19)7-8-3-5-9(20-2)6-4-8;1-9-4-2-5-10(8-9)14-7-3-6-11(12)13/h3,6-11,14H,4-5,12-13,15,29H2,1-2H3;3-6H,7,14-15H2,1-2H3;2,4-5,8H,3,6-7H2,1H3,(H,12,13). The lowest BCUT2D eigenvalue weighted by atomic mass is 10.1. The Morgan fingerprint density at radius 1 is 0.620 bits per heavy atom. The molecule has 2 aromatic heterocycles. The number of carbonyl (C=O) groups excluding carboxylic acids is 1. The summed E-state index contributed by atoms with van der Waals surface area (Å²) in [4.78, 5) is 72.6. The lowest BCUT2D eigenvalue weighted by Gasteiger charge is -2.14. The van der Waals surface area contributed by atoms with Gasteiger partial charge in [-0.25, -0.2) is 9.59 Å². The van der Waals surface area contributed by atoms with Crippen molar-refractivity contribution in [3.8, 4) is 28.7 Å². The van der Waals surface area contributed by atoms with Gasteiger partial charge in [0.25, 0.3) is 11.1 Å². The van der Waals surface area contributed by atoms with Gasteiger partial charge in [0, 0.05) is 39.4 Å². The number of benzene rings is 4. The highest BCUT2D eigenvalue weighted by Crippen LogP contribution is 2.26. The first kappa shape index (κ1) is 55.2. The highest BCUT2D eigenvalue weighted by Gasteiger charge is 2.31. The largest absolute Gasteiger partial charge is 0.573 e. The smallest absolute Gasteiger partial charge is 0.497 e. The number of aliphatic carboxylic acids is 1. The molecule has 4 aromatic carbocycles. The molecule has 0 unspecified atom stereocenters. The van der Waals surface area contributed by atoms with Crippen LogP contribution in [0.15, 0.2) is 116 Å². The average molecular weight is 992 g/mol. The van der Waals surface area contributed by atoms with Gasteiger partial charge in [0.15, 0.2) is 0 Å². The van der Waals surface area contributed by atoms with E-state index in [2.05, 4.69) is 4.74 Å². The number of ketones is 1. The van der Waals surface area contributed by atoms with Crippen LogP contribution in [0.2, 0.25) is 0 Å². The maximum absolute atomic E-state index is 13.0. The second-order valence-electron chi connectivity index (χ2n) is 15.7. The number of nitrogens with two attached hydrogens (primary N) is 3. The van der Waals surface area contributed by atoms with E-state index in [9.17, 15) is 41.9 Å². The molecular formula is C49H56F3N7O12. The van der Waals surface area contributed by atoms with E-state index in [-0.39, 0.29) is 79.8 Å². The van der Waals surface area contributed by atoms with Crippen molar-refractivity contribution in [3.63, 3.8) is 0 Å². The molecule has 6 aromatic rings. The van der Waals surface area contributed by atoms with Gasteiger partial charge < -0.3 is 46.0 Å². The Labute approximate surface area is 404 Å². The summed E-state index contributed by atoms with van der Waals surface area (Å²) >= 11 is 0. The molecule has 71 heavy (non-hydrogen) atoms. The van der Waals surface area contributed by atoms with Crippen LogP contribution in [0.25, 0.3) is 0 Å². The minimum Gasteiger partial charge on any atom is -0.497 e. The van der Waals surface area contributed by atoms with Gasteiger partial charge in [-0.2, -0.15) is 0 Å². The number of anilines is 3. The van der Waals surface area contributed by atoms with Crippen LogP contribution in [0.1, 0.15) is 47.9 Å². The molecule has 380 valence electrons. The van der Waals surface area contributed by atoms with E-state index in [1.807, 2.05) is 31.2 Å². The minimum absolute atomic E-state index is 0.0120. The molecule has 0 radical (unpaired) electrons. The number of hydrogen-bond acceptors (Lipinski definition) is 14. The van der Waals surface area contributed by atoms with E-state index in [4.69, 9.17) is 41.3 Å². The molecule has 0 aliphatic carbocycles. The van der Waals surface area contributed by atoms with Crippen molar-refractivity contribution in [2.75, 3.05) is 44.6 Å². The van der Waals surface area contributed by atoms with Gasteiger partial charge in [-0.05, 0) is 85.0 Å². The molecule has 22 heteroatoms. The van der Waals surface area contributed by atoms with Crippen molar-refractivity contribution in [2.24, 2.45) is 14.1 Å². The van der Waals surface area contributed by atoms with Gasteiger partial charge in [-0.1, -0.05) is 42.5 Å². The number of carboxylic acids is 1. The number of aromatic nitrogens is 4. The summed E-state index contributed by atoms with van der Waals surface area (Å²) in [6.45, 7) is 2.60. The number of nitrogen functional groups attached to an aromatic ring is 3. The maximum Gasteiger partial charge on any atom is 0.573 e. The number of rotatable bonds is 19. The van der Waals surface area contributed by atoms with E-state index in [1.165, 1.54) is 33.3 Å². The lowest BCUT2D eigenvalue weighted by molar-refractivity contribution is -0.274. The Hall–Kier alpha value is -8.43. The van der Waals surface area contributed by atoms with Gasteiger partial charge in [0.2, 0.25) is 0 Å². The highest BCUT2D eigenvalue weighted by atomic mass is 19.4. The summed E-state index contributed by atoms with van der Waals surface area (Å²) in [5.74, 6) is 0.655. The maximum atomic E-state index is 13.0. The summed E-state index contributed by atoms with van der Waals surface area (Å²) < 4.78 is 66.2. The number of hydrogen-bond donors (Lipinski definition) is 4. The van der Waals surface area contributed by atoms with Crippen LogP contribution in [-0.4, -0.2) is 68.9 Å². The topological polar surface area (TPSA) is 267 Å². The van der Waals surface area contributed by atoms with Crippen molar-refractivity contribution in [1.29, 1.82) is 0 Å². The molecule has 0 amide bonds. The average Bonchev–Trinajstić information content (AvgIpc) is 3.34. The molecule has 7 N–H and O–H groups in total. The predicted molar refractivity (Wildman–Crippen MR) is 259 cm³/mol. The number of nitrogens with zero attached hydrogens (tertiary/aromatic N) is 4. The highest BCUT2D eigenvalue weighted by molar-refractivity contribution is 5.81. The second kappa shape index (κ2) is 25.8. The van der Waals surface area contributed by atoms with Gasteiger partial charge in [0.05, 0.1) is 46.1 Å². The lowest BCUT2D eigenvalue weighted by Crippen LogP contribution is -2.42. The number of aryl methyl sites for hydroxylation is 1. The molecular weight excluding hydrogens is 936 g/mol. The zero-order valence-corrected chi connectivity index (χ0v) is 39.7. The van der Waals surface area contributed by atoms with Crippen LogP contribution >= 0.6 is 0 Å². The number of methoxy groups -OCH3 is 2. The Kier molecular flexibility index (Phi) is 20.0. The molecule has 0 fully saturated rings. The predicted octanol–water partition coefficient (Wildman–Crippen LogP) is 5.06. The number of alkyl halides is 3. The molecule has 0 bridgehead atoms. The first-order valence-electron chi connectivity index (χ1n) is 21.7. The molecule has 0 atom stereocenters. The Balaban J connectivity index is 0.000000267. The Morgan fingerprint density at radius 2 is 1.08 bits per heavy atom. The second-order valence-corrected chi connectivity index (χ2v) is 15.7. The fraction of sp³-hybridized carbons (Fsp3) is 0.306. The first-order chi connectivity index (χ1) is 33.6. The van der Waals surface area contributed by atoms with Crippen LogP contribution in [0, 0.1) is 6.92 Å². The van der Waals surface area contributed by atoms with Crippen LogP contribution in [-0.2, 0) is 43.2 Å². The summed E-state index contributed by atoms with van der Waals surface area (Å²) in [5, 5.41) is 8.40. The monoisotopic (exact) mass is 991 g/mol. The third-order valence-electron chi connectivity index (χ3n) is 10.4. The van der Waals surface area contributed by atoms with Crippen molar-refractivity contribution in [1.82, 2.24) is 18.3 Å². The molecule has 0 aliphatic rings. The van der Waals surface area contributed by atoms with Gasteiger partial charge in [-0.3, -0.25) is 37.4 Å². The van der Waals surface area contributed by atoms with E-state index in [0.717, 1.165) is 47.3 Å². The minimum atomic E-state index is -4.82. The zero-order chi connectivity index (χ0) is 52.4. The molecule has 0 spiro atoms.